The van der Waals surface area contributed by atoms with Crippen LogP contribution in [-0.2, 0) is 4.74 Å². The standard InChI is InChI=1S/C10H22O2S2Si/c1-15(2,3)9-8-14-10(13)12-7-5-4-6-11/h11H,4-9H2,1-3H3. The first-order valence-electron chi connectivity index (χ1n) is 5.36. The molecule has 5 heteroatoms. The predicted octanol–water partition coefficient (Wildman–Crippen LogP) is 3.13. The van der Waals surface area contributed by atoms with Gasteiger partial charge in [0.1, 0.15) is 0 Å². The van der Waals surface area contributed by atoms with E-state index in [0.29, 0.717) is 11.0 Å². The number of hydrogen-bond acceptors (Lipinski definition) is 4. The summed E-state index contributed by atoms with van der Waals surface area (Å²) in [7, 11) is -0.937. The van der Waals surface area contributed by atoms with Crippen LogP contribution in [0, 0.1) is 0 Å². The Morgan fingerprint density at radius 2 is 2.00 bits per heavy atom. The van der Waals surface area contributed by atoms with E-state index in [9.17, 15) is 0 Å². The summed E-state index contributed by atoms with van der Waals surface area (Å²) in [6.45, 7) is 7.95. The van der Waals surface area contributed by atoms with E-state index in [1.165, 1.54) is 6.04 Å². The molecule has 0 aliphatic carbocycles. The summed E-state index contributed by atoms with van der Waals surface area (Å²) < 4.78 is 6.02. The van der Waals surface area contributed by atoms with Crippen LogP contribution in [0.2, 0.25) is 25.7 Å². The Kier molecular flexibility index (Phi) is 8.79. The minimum atomic E-state index is -0.937. The van der Waals surface area contributed by atoms with Gasteiger partial charge in [-0.1, -0.05) is 31.4 Å². The number of thioether (sulfide) groups is 1. The topological polar surface area (TPSA) is 29.5 Å². The molecule has 0 atom stereocenters. The van der Waals surface area contributed by atoms with Gasteiger partial charge in [0.25, 0.3) is 0 Å². The van der Waals surface area contributed by atoms with Crippen molar-refractivity contribution < 1.29 is 9.84 Å². The van der Waals surface area contributed by atoms with Crippen LogP contribution in [-0.4, -0.2) is 36.5 Å². The summed E-state index contributed by atoms with van der Waals surface area (Å²) in [4.78, 5) is 0. The molecule has 0 saturated heterocycles. The highest BCUT2D eigenvalue weighted by Gasteiger charge is 2.12. The Bertz CT molecular complexity index is 181. The summed E-state index contributed by atoms with van der Waals surface area (Å²) >= 11 is 6.73. The lowest BCUT2D eigenvalue weighted by molar-refractivity contribution is 0.253. The van der Waals surface area contributed by atoms with Gasteiger partial charge in [-0.25, -0.2) is 0 Å². The van der Waals surface area contributed by atoms with Gasteiger partial charge in [0.15, 0.2) is 0 Å². The second-order valence-corrected chi connectivity index (χ2v) is 12.0. The normalized spacial score (nSPS) is 11.5. The van der Waals surface area contributed by atoms with Crippen LogP contribution in [0.1, 0.15) is 12.8 Å². The van der Waals surface area contributed by atoms with E-state index in [1.54, 1.807) is 11.8 Å². The predicted molar refractivity (Wildman–Crippen MR) is 75.5 cm³/mol. The first-order valence-corrected chi connectivity index (χ1v) is 10.5. The molecule has 0 bridgehead atoms. The molecule has 90 valence electrons. The largest absolute Gasteiger partial charge is 0.479 e. The summed E-state index contributed by atoms with van der Waals surface area (Å²) in [5.74, 6) is 1.08. The minimum absolute atomic E-state index is 0.235. The van der Waals surface area contributed by atoms with E-state index in [2.05, 4.69) is 19.6 Å². The number of ether oxygens (including phenoxy) is 1. The molecule has 15 heavy (non-hydrogen) atoms. The monoisotopic (exact) mass is 266 g/mol. The highest BCUT2D eigenvalue weighted by Crippen LogP contribution is 2.15. The number of aliphatic hydroxyl groups excluding tert-OH is 1. The van der Waals surface area contributed by atoms with Crippen molar-refractivity contribution in [2.45, 2.75) is 38.5 Å². The molecule has 0 amide bonds. The molecule has 0 saturated carbocycles. The van der Waals surface area contributed by atoms with E-state index in [-0.39, 0.29) is 6.61 Å². The number of hydrogen-bond donors (Lipinski definition) is 1. The first kappa shape index (κ1) is 15.4. The molecule has 2 nitrogen and oxygen atoms in total. The lowest BCUT2D eigenvalue weighted by Gasteiger charge is -2.15. The molecule has 0 unspecified atom stereocenters. The van der Waals surface area contributed by atoms with E-state index in [1.807, 2.05) is 0 Å². The van der Waals surface area contributed by atoms with Gasteiger partial charge in [-0.15, -0.1) is 0 Å². The van der Waals surface area contributed by atoms with Gasteiger partial charge in [-0.3, -0.25) is 0 Å². The van der Waals surface area contributed by atoms with Gasteiger partial charge < -0.3 is 9.84 Å². The average molecular weight is 267 g/mol. The second kappa shape index (κ2) is 8.56. The van der Waals surface area contributed by atoms with Gasteiger partial charge in [-0.2, -0.15) is 0 Å². The molecule has 0 heterocycles. The maximum Gasteiger partial charge on any atom is 0.219 e. The maximum atomic E-state index is 8.57. The van der Waals surface area contributed by atoms with Crippen molar-refractivity contribution in [3.05, 3.63) is 0 Å². The van der Waals surface area contributed by atoms with Crippen LogP contribution in [0.3, 0.4) is 0 Å². The Morgan fingerprint density at radius 1 is 1.33 bits per heavy atom. The van der Waals surface area contributed by atoms with Crippen LogP contribution in [0.4, 0.5) is 0 Å². The number of rotatable bonds is 7. The SMILES string of the molecule is C[Si](C)(C)CCSC(=S)OCCCCO. The van der Waals surface area contributed by atoms with Crippen LogP contribution >= 0.6 is 24.0 Å². The van der Waals surface area contributed by atoms with Crippen LogP contribution < -0.4 is 0 Å². The number of aliphatic hydroxyl groups is 1. The fourth-order valence-corrected chi connectivity index (χ4v) is 4.38. The summed E-state index contributed by atoms with van der Waals surface area (Å²) in [6, 6.07) is 1.28. The van der Waals surface area contributed by atoms with Gasteiger partial charge >= 0.3 is 0 Å². The summed E-state index contributed by atoms with van der Waals surface area (Å²) in [5, 5.41) is 8.57. The third-order valence-corrected chi connectivity index (χ3v) is 5.19. The summed E-state index contributed by atoms with van der Waals surface area (Å²) in [5.41, 5.74) is 0. The van der Waals surface area contributed by atoms with E-state index in [0.717, 1.165) is 18.6 Å². The molecule has 0 aliphatic heterocycles. The Morgan fingerprint density at radius 3 is 2.53 bits per heavy atom. The van der Waals surface area contributed by atoms with Crippen LogP contribution in [0.5, 0.6) is 0 Å². The fourth-order valence-electron chi connectivity index (χ4n) is 0.852. The van der Waals surface area contributed by atoms with E-state index < -0.39 is 8.07 Å². The quantitative estimate of drug-likeness (QED) is 0.435. The van der Waals surface area contributed by atoms with Crippen molar-refractivity contribution in [1.82, 2.24) is 0 Å². The molecule has 0 aromatic rings. The molecule has 0 aliphatic rings. The van der Waals surface area contributed by atoms with Gasteiger partial charge in [0.05, 0.1) is 6.61 Å². The third kappa shape index (κ3) is 12.3. The Labute approximate surface area is 104 Å². The number of unbranched alkanes of at least 4 members (excludes halogenated alkanes) is 1. The molecule has 0 radical (unpaired) electrons. The second-order valence-electron chi connectivity index (χ2n) is 4.69. The summed E-state index contributed by atoms with van der Waals surface area (Å²) in [6.07, 6.45) is 1.67. The molecule has 0 fully saturated rings. The van der Waals surface area contributed by atoms with Crippen LogP contribution in [0.25, 0.3) is 0 Å². The van der Waals surface area contributed by atoms with Crippen molar-refractivity contribution >= 4 is 36.4 Å². The minimum Gasteiger partial charge on any atom is -0.479 e. The molecular formula is C10H22O2S2Si. The first-order chi connectivity index (χ1) is 6.95. The highest BCUT2D eigenvalue weighted by molar-refractivity contribution is 8.22. The van der Waals surface area contributed by atoms with Gasteiger partial charge in [0, 0.05) is 14.7 Å². The molecule has 0 aromatic heterocycles. The Hall–Kier alpha value is 0.417. The molecule has 0 aromatic carbocycles. The van der Waals surface area contributed by atoms with Crippen molar-refractivity contribution in [1.29, 1.82) is 0 Å². The van der Waals surface area contributed by atoms with Crippen molar-refractivity contribution in [3.8, 4) is 0 Å². The van der Waals surface area contributed by atoms with Crippen molar-refractivity contribution in [2.24, 2.45) is 0 Å². The van der Waals surface area contributed by atoms with E-state index in [4.69, 9.17) is 22.1 Å². The van der Waals surface area contributed by atoms with Crippen molar-refractivity contribution in [3.63, 3.8) is 0 Å². The number of thiocarbonyl (C=S) groups is 1. The zero-order valence-electron chi connectivity index (χ0n) is 9.91. The molecule has 0 spiro atoms. The molecule has 0 rings (SSSR count). The Balaban J connectivity index is 3.34. The average Bonchev–Trinajstić information content (AvgIpc) is 2.10. The lowest BCUT2D eigenvalue weighted by Crippen LogP contribution is -2.20. The lowest BCUT2D eigenvalue weighted by atomic mass is 10.3. The molecule has 1 N–H and O–H groups in total. The zero-order chi connectivity index (χ0) is 11.7. The van der Waals surface area contributed by atoms with Gasteiger partial charge in [-0.05, 0) is 36.9 Å². The fraction of sp³-hybridized carbons (Fsp3) is 0.900. The zero-order valence-corrected chi connectivity index (χ0v) is 12.5. The van der Waals surface area contributed by atoms with Crippen molar-refractivity contribution in [2.75, 3.05) is 19.0 Å². The third-order valence-electron chi connectivity index (χ3n) is 1.84. The highest BCUT2D eigenvalue weighted by atomic mass is 32.2. The maximum absolute atomic E-state index is 8.57. The van der Waals surface area contributed by atoms with Gasteiger partial charge in [0.2, 0.25) is 4.38 Å². The van der Waals surface area contributed by atoms with Crippen LogP contribution in [0.15, 0.2) is 0 Å². The van der Waals surface area contributed by atoms with E-state index >= 15 is 0 Å². The molecular weight excluding hydrogens is 244 g/mol. The smallest absolute Gasteiger partial charge is 0.219 e.